The van der Waals surface area contributed by atoms with E-state index in [0.717, 1.165) is 25.0 Å². The van der Waals surface area contributed by atoms with Crippen LogP contribution in [0.1, 0.15) is 329 Å². The highest BCUT2D eigenvalue weighted by Gasteiger charge is 2.44. The number of rotatable bonds is 27. The van der Waals surface area contributed by atoms with Gasteiger partial charge in [-0.15, -0.1) is 0 Å². The number of aryl methyl sites for hydroxylation is 9. The molecule has 9 saturated heterocycles. The van der Waals surface area contributed by atoms with Crippen molar-refractivity contribution < 1.29 is 209 Å². The molecule has 0 aromatic carbocycles. The molecule has 9 aromatic rings. The average Bonchev–Trinajstić information content (AvgIpc) is 1.49. The van der Waals surface area contributed by atoms with Gasteiger partial charge >= 0.3 is 53.7 Å². The van der Waals surface area contributed by atoms with Gasteiger partial charge in [-0.05, 0) is 157 Å². The molecule has 36 nitrogen and oxygen atoms in total. The van der Waals surface area contributed by atoms with Crippen molar-refractivity contribution in [1.82, 2.24) is 86.0 Å². The van der Waals surface area contributed by atoms with Crippen LogP contribution in [0.3, 0.4) is 0 Å². The molecule has 0 unspecified atom stereocenters. The van der Waals surface area contributed by atoms with Crippen molar-refractivity contribution in [3.8, 4) is 0 Å². The molecule has 0 spiro atoms. The smallest absolute Gasteiger partial charge is 0.309 e. The quantitative estimate of drug-likeness (QED) is 0.0341. The molecule has 36 heteroatoms. The minimum atomic E-state index is -3.96. The van der Waals surface area contributed by atoms with Gasteiger partial charge in [-0.2, -0.15) is 0 Å². The molecule has 18 heterocycles. The number of cyclic esters (lactones) is 9. The molecule has 0 radical (unpaired) electrons. The average molecular weight is 2050 g/mol. The van der Waals surface area contributed by atoms with Crippen LogP contribution in [0.25, 0.3) is 0 Å². The molecule has 141 heavy (non-hydrogen) atoms. The summed E-state index contributed by atoms with van der Waals surface area (Å²) in [6, 6.07) is 0. The molecule has 9 aliphatic heterocycles. The summed E-state index contributed by atoms with van der Waals surface area (Å²) in [6.45, 7) is -48.8. The second-order valence-electron chi connectivity index (χ2n) is 29.8. The van der Waals surface area contributed by atoms with Crippen LogP contribution < -0.4 is 0 Å². The van der Waals surface area contributed by atoms with Crippen molar-refractivity contribution in [2.75, 3.05) is 59.3 Å². The number of nitrogens with zero attached hydrogens (tertiary/aromatic N) is 18. The summed E-state index contributed by atoms with van der Waals surface area (Å²) in [5.74, 6) is -53.0. The standard InChI is InChI=1S/6C12H18N2O2.3C11H16N2O2/c6*1-4-11-9(7-16-12(11)15)5-10-6-13-8(2)14(10)3;3*1-3-10-8(6-15-11(10)14)4-9-5-12-7-13(9)2/h6*6,9,11H,4-5,7H2,1-3H3;3*5,7-8,10H,3-4,6H2,1-2H3/t6*9-,11-;3*8-,10-/m000000000/s1/i1D3,3D3,4D2,5D2,6D,11D;1D3,4D2,5D2,6D,11D;1D3,3D3,5D2,6D,11D;1D3,5D2,6D,11D;1D3,3D3,5D2,6D;1D3,5D2,6D;1D3,2D3,3D2,4D2,6D2,8D,10D;1D3,2D3,4D2,6D2,8D,10D;1D3,2D3,4D2,6D2,8D. The number of ether oxygens (including phenoxy) is 9. The van der Waals surface area contributed by atoms with Crippen molar-refractivity contribution in [2.24, 2.45) is 169 Å². The van der Waals surface area contributed by atoms with Gasteiger partial charge in [0, 0.05) is 330 Å². The van der Waals surface area contributed by atoms with Crippen LogP contribution in [0.5, 0.6) is 0 Å². The van der Waals surface area contributed by atoms with Crippen LogP contribution in [0, 0.1) is 148 Å². The molecule has 0 aliphatic carbocycles. The maximum atomic E-state index is 12.4. The lowest BCUT2D eigenvalue weighted by Crippen LogP contribution is -2.18. The molecule has 9 aliphatic rings. The van der Waals surface area contributed by atoms with Crippen LogP contribution in [0.15, 0.2) is 74.6 Å². The Labute approximate surface area is 957 Å². The monoisotopic (exact) mass is 2050 g/mol. The Kier molecular flexibility index (Phi) is 15.2. The fourth-order valence-corrected chi connectivity index (χ4v) is 12.4. The van der Waals surface area contributed by atoms with Gasteiger partial charge in [0.15, 0.2) is 0 Å². The van der Waals surface area contributed by atoms with E-state index in [1.54, 1.807) is 20.9 Å². The predicted molar refractivity (Wildman–Crippen MR) is 525 cm³/mol. The minimum Gasteiger partial charge on any atom is -0.465 e. The van der Waals surface area contributed by atoms with Crippen LogP contribution in [0.4, 0.5) is 0 Å². The van der Waals surface area contributed by atoms with Crippen molar-refractivity contribution in [1.29, 1.82) is 0 Å². The van der Waals surface area contributed by atoms with Gasteiger partial charge < -0.3 is 83.7 Å². The van der Waals surface area contributed by atoms with Crippen molar-refractivity contribution in [3.05, 3.63) is 161 Å². The molecular weight excluding hydrogens is 1800 g/mol. The normalized spacial score (nSPS) is 42.8. The van der Waals surface area contributed by atoms with Gasteiger partial charge in [-0.1, -0.05) is 61.7 Å². The summed E-state index contributed by atoms with van der Waals surface area (Å²) in [6.07, 6.45) is -40.0. The molecule has 9 fully saturated rings. The van der Waals surface area contributed by atoms with E-state index in [0.29, 0.717) is 52.8 Å². The topological polar surface area (TPSA) is 397 Å². The van der Waals surface area contributed by atoms with E-state index in [1.165, 1.54) is 55.5 Å². The molecule has 0 saturated carbocycles. The molecule has 18 rings (SSSR count). The number of carbonyl (C=O) groups excluding carboxylic acids is 9. The van der Waals surface area contributed by atoms with E-state index in [-0.39, 0.29) is 58.1 Å². The highest BCUT2D eigenvalue weighted by Crippen LogP contribution is 2.37. The van der Waals surface area contributed by atoms with Gasteiger partial charge in [0.25, 0.3) is 0 Å². The highest BCUT2D eigenvalue weighted by atomic mass is 16.6. The highest BCUT2D eigenvalue weighted by molar-refractivity contribution is 5.78. The summed E-state index contributed by atoms with van der Waals surface area (Å²) in [5.41, 5.74) is -4.80. The Bertz CT molecular complexity index is 9880. The molecular formula is C105H156N18O18. The summed E-state index contributed by atoms with van der Waals surface area (Å²) >= 11 is 0. The maximum Gasteiger partial charge on any atom is 0.309 e. The SMILES string of the molecule is [2H]C([2H])([2H])C[C@@H]1C(=O)OC([2H])([2H])[C@]1([2H])C([2H])([2H])c1cncn1C([2H])([2H])[2H].[2H]C([2H])([2H])C[C@]1([2H])C(=O)OC([2H])([2H])[C@]1([2H])C([2H])([2H])c1cncn1C([2H])([2H])[2H].[2H]C([2H])([2H])n1cncc1C([2H])([2H])[C@@]1([2H])C([2H])([2H])OC(=O)[C@@]1([2H])C([2H])([2H])C([2H])([2H])[2H].[2H]c1nc(C)n(C([2H])([2H])[2H])c1C([2H])([2H])[C@H]1COC(=O)[C@@]1([2H])C([2H])([2H])C([2H])([2H])[2H].[2H]c1nc(C)n(C([2H])([2H])[2H])c1C([2H])([2H])[C@H]1COC(=O)[C@@]1([2H])CC([2H])([2H])[2H].[2H]c1nc(C)n(C([2H])([2H])[2H])c1C([2H])([2H])[C@H]1COC(=O)[C@H]1CC([2H])([2H])[2H].[2H]c1nc(C)n(C)c1C([2H])([2H])[C@H]1COC(=O)[C@@]1([2H])C([2H])([2H])C([2H])([2H])[2H].[2H]c1nc(C)n(C)c1C([2H])([2H])[C@H]1COC(=O)[C@@]1([2H])CC([2H])([2H])[2H].[2H]c1nc(C)n(C)c1C([2H])([2H])[C@H]1COC(=O)[C@H]1CC([2H])([2H])[2H]. The first-order chi connectivity index (χ1) is 102. The largest absolute Gasteiger partial charge is 0.465 e. The number of hydrogen-bond acceptors (Lipinski definition) is 27. The van der Waals surface area contributed by atoms with Gasteiger partial charge in [-0.25, -0.2) is 44.9 Å². The van der Waals surface area contributed by atoms with Gasteiger partial charge in [-0.3, -0.25) is 43.2 Å². The van der Waals surface area contributed by atoms with E-state index < -0.39 is 490 Å². The zero-order chi connectivity index (χ0) is 181. The lowest BCUT2D eigenvalue weighted by atomic mass is 9.89. The zero-order valence-electron chi connectivity index (χ0n) is 166. The van der Waals surface area contributed by atoms with Crippen molar-refractivity contribution >= 4 is 53.7 Å². The molecule has 0 bridgehead atoms. The number of imidazole rings is 9. The fraction of sp³-hybridized carbons (Fsp3) is 0.657. The van der Waals surface area contributed by atoms with Crippen LogP contribution >= 0.6 is 0 Å². The van der Waals surface area contributed by atoms with Crippen LogP contribution in [0.2, 0.25) is 0 Å². The molecule has 18 atom stereocenters. The number of aromatic nitrogens is 18. The summed E-state index contributed by atoms with van der Waals surface area (Å²) in [7, 11) is 4.56. The molecule has 9 aromatic heterocycles. The third-order valence-corrected chi connectivity index (χ3v) is 21.0. The first-order valence-corrected chi connectivity index (χ1v) is 41.2. The molecule has 0 N–H and O–H groups in total. The van der Waals surface area contributed by atoms with Gasteiger partial charge in [0.1, 0.15) is 34.9 Å². The van der Waals surface area contributed by atoms with Gasteiger partial charge in [0.2, 0.25) is 0 Å². The number of esters is 9. The van der Waals surface area contributed by atoms with Crippen molar-refractivity contribution in [3.63, 3.8) is 0 Å². The Morgan fingerprint density at radius 2 is 0.546 bits per heavy atom. The van der Waals surface area contributed by atoms with Crippen LogP contribution in [-0.2, 0) is 206 Å². The lowest BCUT2D eigenvalue weighted by Gasteiger charge is -2.13. The second kappa shape index (κ2) is 52.7. The summed E-state index contributed by atoms with van der Waals surface area (Å²) in [4.78, 5) is 142. The van der Waals surface area contributed by atoms with E-state index >= 15 is 0 Å². The van der Waals surface area contributed by atoms with Crippen LogP contribution in [-0.4, -0.2) is 199 Å². The maximum absolute atomic E-state index is 12.4. The Hall–Kier alpha value is -11.9. The second-order valence-corrected chi connectivity index (χ2v) is 29.8. The fourth-order valence-electron chi connectivity index (χ4n) is 12.4. The Balaban J connectivity index is 0.000000255. The lowest BCUT2D eigenvalue weighted by molar-refractivity contribution is -0.142. The number of hydrogen-bond donors (Lipinski definition) is 0. The predicted octanol–water partition coefficient (Wildman–Crippen LogP) is 12.3. The zero-order valence-corrected chi connectivity index (χ0v) is 76.0. The third-order valence-electron chi connectivity index (χ3n) is 21.0. The Morgan fingerprint density at radius 3 is 0.887 bits per heavy atom. The first-order valence-electron chi connectivity index (χ1n) is 86.2. The van der Waals surface area contributed by atoms with E-state index in [2.05, 4.69) is 63.8 Å². The molecule has 0 amide bonds. The van der Waals surface area contributed by atoms with E-state index in [4.69, 9.17) is 147 Å². The molecule has 774 valence electrons. The summed E-state index contributed by atoms with van der Waals surface area (Å²) < 4.78 is 749. The minimum absolute atomic E-state index is 0.0313. The van der Waals surface area contributed by atoms with E-state index in [1.807, 2.05) is 0 Å². The summed E-state index contributed by atoms with van der Waals surface area (Å²) in [5, 5.41) is 0. The van der Waals surface area contributed by atoms with E-state index in [9.17, 15) is 43.2 Å². The van der Waals surface area contributed by atoms with Crippen molar-refractivity contribution in [2.45, 2.75) is 218 Å². The van der Waals surface area contributed by atoms with Gasteiger partial charge in [0.05, 0.1) is 148 Å². The first kappa shape index (κ1) is 40.7. The third kappa shape index (κ3) is 28.6. The Morgan fingerprint density at radius 1 is 0.291 bits per heavy atom. The number of carbonyl (C=O) groups is 9.